The second-order valence-electron chi connectivity index (χ2n) is 4.50. The van der Waals surface area contributed by atoms with E-state index in [0.717, 1.165) is 0 Å². The van der Waals surface area contributed by atoms with Crippen LogP contribution in [-0.4, -0.2) is 16.7 Å². The number of ether oxygens (including phenoxy) is 1. The Balaban J connectivity index is 2.67. The summed E-state index contributed by atoms with van der Waals surface area (Å²) in [5.41, 5.74) is 6.36. The zero-order valence-electron chi connectivity index (χ0n) is 10.00. The fourth-order valence-electron chi connectivity index (χ4n) is 1.05. The first-order chi connectivity index (χ1) is 7.28. The molecule has 3 N–H and O–H groups in total. The minimum absolute atomic E-state index is 0.431. The van der Waals surface area contributed by atoms with Gasteiger partial charge >= 0.3 is 6.09 Å². The van der Waals surface area contributed by atoms with Gasteiger partial charge in [-0.05, 0) is 39.8 Å². The highest BCUT2D eigenvalue weighted by Crippen LogP contribution is 2.13. The third kappa shape index (κ3) is 3.76. The number of pyridine rings is 1. The molecule has 0 aliphatic carbocycles. The van der Waals surface area contributed by atoms with Crippen LogP contribution in [0.5, 0.6) is 0 Å². The van der Waals surface area contributed by atoms with E-state index in [2.05, 4.69) is 10.3 Å². The number of hydrogen-bond donors (Lipinski definition) is 2. The molecule has 5 nitrogen and oxygen atoms in total. The molecule has 1 aromatic heterocycles. The number of nitrogens with zero attached hydrogens (tertiary/aromatic N) is 1. The van der Waals surface area contributed by atoms with Gasteiger partial charge in [-0.1, -0.05) is 0 Å². The Kier molecular flexibility index (Phi) is 3.37. The van der Waals surface area contributed by atoms with Crippen LogP contribution < -0.4 is 11.1 Å². The normalized spacial score (nSPS) is 11.0. The van der Waals surface area contributed by atoms with Crippen molar-refractivity contribution in [3.63, 3.8) is 0 Å². The molecule has 0 fully saturated rings. The second-order valence-corrected chi connectivity index (χ2v) is 4.50. The molecule has 0 aliphatic heterocycles. The maximum absolute atomic E-state index is 11.4. The van der Waals surface area contributed by atoms with Gasteiger partial charge in [-0.2, -0.15) is 0 Å². The molecule has 88 valence electrons. The summed E-state index contributed by atoms with van der Waals surface area (Å²) in [6, 6.07) is 3.32. The molecule has 0 saturated heterocycles. The Hall–Kier alpha value is -1.78. The van der Waals surface area contributed by atoms with Gasteiger partial charge in [0.1, 0.15) is 11.4 Å². The average Bonchev–Trinajstić information content (AvgIpc) is 2.08. The topological polar surface area (TPSA) is 77.2 Å². The van der Waals surface area contributed by atoms with Crippen LogP contribution in [0.15, 0.2) is 12.1 Å². The van der Waals surface area contributed by atoms with Crippen molar-refractivity contribution >= 4 is 17.6 Å². The SMILES string of the molecule is Cc1nc(NC(=O)OC(C)(C)C)ccc1N. The fourth-order valence-corrected chi connectivity index (χ4v) is 1.05. The Morgan fingerprint density at radius 2 is 2.06 bits per heavy atom. The molecular weight excluding hydrogens is 206 g/mol. The van der Waals surface area contributed by atoms with Crippen molar-refractivity contribution in [2.75, 3.05) is 11.1 Å². The Morgan fingerprint density at radius 1 is 1.44 bits per heavy atom. The van der Waals surface area contributed by atoms with E-state index < -0.39 is 11.7 Å². The maximum Gasteiger partial charge on any atom is 0.413 e. The highest BCUT2D eigenvalue weighted by Gasteiger charge is 2.16. The molecule has 1 heterocycles. The van der Waals surface area contributed by atoms with Crippen LogP contribution in [0.4, 0.5) is 16.3 Å². The van der Waals surface area contributed by atoms with Gasteiger partial charge in [0.2, 0.25) is 0 Å². The number of amides is 1. The number of nitrogen functional groups attached to an aromatic ring is 1. The van der Waals surface area contributed by atoms with E-state index in [1.165, 1.54) is 0 Å². The summed E-state index contributed by atoms with van der Waals surface area (Å²) in [6.45, 7) is 7.17. The van der Waals surface area contributed by atoms with Crippen LogP contribution in [0.2, 0.25) is 0 Å². The van der Waals surface area contributed by atoms with Crippen LogP contribution in [0.3, 0.4) is 0 Å². The first-order valence-electron chi connectivity index (χ1n) is 5.01. The fraction of sp³-hybridized carbons (Fsp3) is 0.455. The summed E-state index contributed by atoms with van der Waals surface area (Å²) < 4.78 is 5.09. The highest BCUT2D eigenvalue weighted by molar-refractivity contribution is 5.83. The Morgan fingerprint density at radius 3 is 2.56 bits per heavy atom. The smallest absolute Gasteiger partial charge is 0.413 e. The third-order valence-electron chi connectivity index (χ3n) is 1.76. The van der Waals surface area contributed by atoms with E-state index in [4.69, 9.17) is 10.5 Å². The van der Waals surface area contributed by atoms with E-state index >= 15 is 0 Å². The lowest BCUT2D eigenvalue weighted by atomic mass is 10.2. The molecule has 0 aliphatic rings. The zero-order valence-corrected chi connectivity index (χ0v) is 10.00. The summed E-state index contributed by atoms with van der Waals surface area (Å²) in [7, 11) is 0. The zero-order chi connectivity index (χ0) is 12.3. The number of anilines is 2. The minimum Gasteiger partial charge on any atom is -0.444 e. The summed E-state index contributed by atoms with van der Waals surface area (Å²) in [5.74, 6) is 0.431. The molecular formula is C11H17N3O2. The number of rotatable bonds is 1. The number of aromatic nitrogens is 1. The number of nitrogens with two attached hydrogens (primary N) is 1. The summed E-state index contributed by atoms with van der Waals surface area (Å²) in [5, 5.41) is 2.54. The van der Waals surface area contributed by atoms with E-state index in [0.29, 0.717) is 17.2 Å². The predicted octanol–water partition coefficient (Wildman–Crippen LogP) is 2.32. The van der Waals surface area contributed by atoms with Crippen LogP contribution in [-0.2, 0) is 4.74 Å². The van der Waals surface area contributed by atoms with Gasteiger partial charge in [0.15, 0.2) is 0 Å². The van der Waals surface area contributed by atoms with Crippen molar-refractivity contribution in [1.82, 2.24) is 4.98 Å². The molecule has 0 unspecified atom stereocenters. The molecule has 0 spiro atoms. The van der Waals surface area contributed by atoms with Crippen LogP contribution >= 0.6 is 0 Å². The van der Waals surface area contributed by atoms with Crippen molar-refractivity contribution in [1.29, 1.82) is 0 Å². The van der Waals surface area contributed by atoms with Crippen molar-refractivity contribution in [2.45, 2.75) is 33.3 Å². The van der Waals surface area contributed by atoms with Crippen LogP contribution in [0.1, 0.15) is 26.5 Å². The minimum atomic E-state index is -0.524. The van der Waals surface area contributed by atoms with Crippen molar-refractivity contribution in [2.24, 2.45) is 0 Å². The van der Waals surface area contributed by atoms with Crippen molar-refractivity contribution in [3.8, 4) is 0 Å². The number of carbonyl (C=O) groups is 1. The third-order valence-corrected chi connectivity index (χ3v) is 1.76. The number of aryl methyl sites for hydroxylation is 1. The molecule has 0 bridgehead atoms. The molecule has 0 saturated carbocycles. The van der Waals surface area contributed by atoms with E-state index in [1.807, 2.05) is 0 Å². The molecule has 16 heavy (non-hydrogen) atoms. The van der Waals surface area contributed by atoms with Gasteiger partial charge in [-0.15, -0.1) is 0 Å². The molecule has 1 rings (SSSR count). The summed E-state index contributed by atoms with van der Waals surface area (Å²) in [4.78, 5) is 15.5. The Bertz CT molecular complexity index is 397. The number of carbonyl (C=O) groups excluding carboxylic acids is 1. The van der Waals surface area contributed by atoms with Gasteiger partial charge in [-0.3, -0.25) is 5.32 Å². The first-order valence-corrected chi connectivity index (χ1v) is 5.01. The highest BCUT2D eigenvalue weighted by atomic mass is 16.6. The predicted molar refractivity (Wildman–Crippen MR) is 63.2 cm³/mol. The van der Waals surface area contributed by atoms with Gasteiger partial charge in [-0.25, -0.2) is 9.78 Å². The van der Waals surface area contributed by atoms with Gasteiger partial charge in [0, 0.05) is 0 Å². The molecule has 0 radical (unpaired) electrons. The van der Waals surface area contributed by atoms with E-state index in [9.17, 15) is 4.79 Å². The quantitative estimate of drug-likeness (QED) is 0.766. The lowest BCUT2D eigenvalue weighted by Gasteiger charge is -2.19. The number of hydrogen-bond acceptors (Lipinski definition) is 4. The molecule has 0 atom stereocenters. The van der Waals surface area contributed by atoms with E-state index in [-0.39, 0.29) is 0 Å². The van der Waals surface area contributed by atoms with Gasteiger partial charge in [0.25, 0.3) is 0 Å². The van der Waals surface area contributed by atoms with Gasteiger partial charge < -0.3 is 10.5 Å². The lowest BCUT2D eigenvalue weighted by molar-refractivity contribution is 0.0635. The standard InChI is InChI=1S/C11H17N3O2/c1-7-8(12)5-6-9(13-7)14-10(15)16-11(2,3)4/h5-6H,12H2,1-4H3,(H,13,14,15). The van der Waals surface area contributed by atoms with Crippen LogP contribution in [0.25, 0.3) is 0 Å². The van der Waals surface area contributed by atoms with E-state index in [1.54, 1.807) is 39.8 Å². The van der Waals surface area contributed by atoms with Crippen molar-refractivity contribution < 1.29 is 9.53 Å². The second kappa shape index (κ2) is 4.38. The summed E-state index contributed by atoms with van der Waals surface area (Å²) in [6.07, 6.45) is -0.524. The van der Waals surface area contributed by atoms with Gasteiger partial charge in [0.05, 0.1) is 11.4 Å². The van der Waals surface area contributed by atoms with Crippen molar-refractivity contribution in [3.05, 3.63) is 17.8 Å². The lowest BCUT2D eigenvalue weighted by Crippen LogP contribution is -2.27. The summed E-state index contributed by atoms with van der Waals surface area (Å²) >= 11 is 0. The molecule has 0 aromatic carbocycles. The molecule has 1 amide bonds. The maximum atomic E-state index is 11.4. The first kappa shape index (κ1) is 12.3. The number of nitrogens with one attached hydrogen (secondary N) is 1. The average molecular weight is 223 g/mol. The molecule has 1 aromatic rings. The van der Waals surface area contributed by atoms with Crippen LogP contribution in [0, 0.1) is 6.92 Å². The Labute approximate surface area is 95.0 Å². The monoisotopic (exact) mass is 223 g/mol. The largest absolute Gasteiger partial charge is 0.444 e. The molecule has 5 heteroatoms.